The molecule has 0 atom stereocenters. The molecule has 0 saturated heterocycles. The van der Waals surface area contributed by atoms with Crippen LogP contribution in [0, 0.1) is 0 Å². The van der Waals surface area contributed by atoms with Gasteiger partial charge in [0.1, 0.15) is 5.78 Å². The molecule has 0 aliphatic carbocycles. The third kappa shape index (κ3) is 6.58. The summed E-state index contributed by atoms with van der Waals surface area (Å²) in [4.78, 5) is 16.4. The number of carbonyl (C=O) groups is 1. The molecule has 0 bridgehead atoms. The van der Waals surface area contributed by atoms with Gasteiger partial charge in [0.2, 0.25) is 10.0 Å². The maximum absolute atomic E-state index is 12.5. The second-order valence-electron chi connectivity index (χ2n) is 6.97. The predicted molar refractivity (Wildman–Crippen MR) is 120 cm³/mol. The first-order valence-corrected chi connectivity index (χ1v) is 11.9. The number of Topliss-reactive ketones (excluding diaryl/α,β-unsaturated/α-hetero) is 1. The van der Waals surface area contributed by atoms with E-state index in [4.69, 9.17) is 0 Å². The summed E-state index contributed by atoms with van der Waals surface area (Å²) in [5, 5.41) is 0. The average molecular weight is 487 g/mol. The molecule has 30 heavy (non-hydrogen) atoms. The molecule has 3 aromatic rings. The van der Waals surface area contributed by atoms with Crippen LogP contribution in [0.5, 0.6) is 0 Å². The molecule has 1 N–H and O–H groups in total. The molecule has 1 heterocycles. The molecule has 7 heteroatoms. The second-order valence-corrected chi connectivity index (χ2v) is 9.56. The third-order valence-corrected chi connectivity index (χ3v) is 7.14. The number of nitrogens with one attached hydrogen (secondary N) is 1. The number of benzene rings is 2. The van der Waals surface area contributed by atoms with Crippen molar-refractivity contribution >= 4 is 31.7 Å². The molecule has 0 saturated carbocycles. The number of aromatic nitrogens is 1. The monoisotopic (exact) mass is 486 g/mol. The van der Waals surface area contributed by atoms with Gasteiger partial charge in [-0.15, -0.1) is 0 Å². The standard InChI is InChI=1S/C23H23BrN2O3S/c24-22-5-1-2-6-23(22)30(28,29)26-17-20-9-7-18(8-10-20)11-13-21(27)14-12-19-4-3-15-25-16-19/h1-10,15-16,26H,11-14,17H2. The molecule has 0 fully saturated rings. The maximum atomic E-state index is 12.5. The minimum absolute atomic E-state index is 0.202. The van der Waals surface area contributed by atoms with E-state index in [0.717, 1.165) is 16.7 Å². The minimum Gasteiger partial charge on any atom is -0.300 e. The lowest BCUT2D eigenvalue weighted by Gasteiger charge is -2.09. The molecule has 0 aliphatic rings. The van der Waals surface area contributed by atoms with Gasteiger partial charge in [-0.3, -0.25) is 9.78 Å². The number of hydrogen-bond acceptors (Lipinski definition) is 4. The van der Waals surface area contributed by atoms with Crippen LogP contribution in [0.4, 0.5) is 0 Å². The predicted octanol–water partition coefficient (Wildman–Crippen LogP) is 4.46. The van der Waals surface area contributed by atoms with E-state index in [1.165, 1.54) is 0 Å². The Morgan fingerprint density at radius 1 is 0.867 bits per heavy atom. The van der Waals surface area contributed by atoms with Crippen LogP contribution in [-0.2, 0) is 34.2 Å². The van der Waals surface area contributed by atoms with Gasteiger partial charge in [-0.25, -0.2) is 13.1 Å². The van der Waals surface area contributed by atoms with E-state index < -0.39 is 10.0 Å². The Morgan fingerprint density at radius 3 is 2.20 bits per heavy atom. The Kier molecular flexibility index (Phi) is 7.90. The molecule has 0 radical (unpaired) electrons. The Morgan fingerprint density at radius 2 is 1.53 bits per heavy atom. The highest BCUT2D eigenvalue weighted by atomic mass is 79.9. The molecule has 3 rings (SSSR count). The van der Waals surface area contributed by atoms with Crippen LogP contribution in [0.1, 0.15) is 29.5 Å². The quantitative estimate of drug-likeness (QED) is 0.458. The number of pyridine rings is 1. The first-order chi connectivity index (χ1) is 14.4. The first-order valence-electron chi connectivity index (χ1n) is 9.67. The van der Waals surface area contributed by atoms with Gasteiger partial charge in [-0.1, -0.05) is 42.5 Å². The van der Waals surface area contributed by atoms with Crippen LogP contribution in [0.25, 0.3) is 0 Å². The van der Waals surface area contributed by atoms with Gasteiger partial charge in [0, 0.05) is 36.3 Å². The van der Waals surface area contributed by atoms with Gasteiger partial charge in [-0.2, -0.15) is 0 Å². The summed E-state index contributed by atoms with van der Waals surface area (Å²) in [7, 11) is -3.60. The summed E-state index contributed by atoms with van der Waals surface area (Å²) in [6.07, 6.45) is 5.91. The van der Waals surface area contributed by atoms with Gasteiger partial charge in [0.05, 0.1) is 4.90 Å². The SMILES string of the molecule is O=C(CCc1ccc(CNS(=O)(=O)c2ccccc2Br)cc1)CCc1cccnc1. The highest BCUT2D eigenvalue weighted by Crippen LogP contribution is 2.21. The van der Waals surface area contributed by atoms with Crippen molar-refractivity contribution in [3.63, 3.8) is 0 Å². The number of aryl methyl sites for hydroxylation is 2. The van der Waals surface area contributed by atoms with Crippen LogP contribution in [0.2, 0.25) is 0 Å². The van der Waals surface area contributed by atoms with Crippen molar-refractivity contribution < 1.29 is 13.2 Å². The lowest BCUT2D eigenvalue weighted by molar-refractivity contribution is -0.119. The van der Waals surface area contributed by atoms with Gasteiger partial charge in [0.15, 0.2) is 0 Å². The summed E-state index contributed by atoms with van der Waals surface area (Å²) in [5.41, 5.74) is 2.99. The van der Waals surface area contributed by atoms with E-state index >= 15 is 0 Å². The number of sulfonamides is 1. The zero-order valence-electron chi connectivity index (χ0n) is 16.4. The van der Waals surface area contributed by atoms with Crippen molar-refractivity contribution in [1.29, 1.82) is 0 Å². The number of hydrogen-bond donors (Lipinski definition) is 1. The van der Waals surface area contributed by atoms with Gasteiger partial charge < -0.3 is 0 Å². The van der Waals surface area contributed by atoms with Crippen molar-refractivity contribution in [2.75, 3.05) is 0 Å². The topological polar surface area (TPSA) is 76.1 Å². The molecule has 2 aromatic carbocycles. The molecule has 0 unspecified atom stereocenters. The lowest BCUT2D eigenvalue weighted by atomic mass is 10.0. The van der Waals surface area contributed by atoms with Crippen LogP contribution in [0.3, 0.4) is 0 Å². The Hall–Kier alpha value is -2.35. The largest absolute Gasteiger partial charge is 0.300 e. The van der Waals surface area contributed by atoms with Gasteiger partial charge in [-0.05, 0) is 63.7 Å². The van der Waals surface area contributed by atoms with E-state index in [0.29, 0.717) is 30.2 Å². The summed E-state index contributed by atoms with van der Waals surface area (Å²) in [6, 6.07) is 18.2. The Labute approximate surface area is 185 Å². The Bertz CT molecular complexity index is 1080. The van der Waals surface area contributed by atoms with E-state index in [1.54, 1.807) is 36.7 Å². The highest BCUT2D eigenvalue weighted by molar-refractivity contribution is 9.10. The number of carbonyl (C=O) groups excluding carboxylic acids is 1. The van der Waals surface area contributed by atoms with E-state index in [2.05, 4.69) is 25.6 Å². The molecule has 0 spiro atoms. The maximum Gasteiger partial charge on any atom is 0.241 e. The molecule has 0 amide bonds. The molecular formula is C23H23BrN2O3S. The summed E-state index contributed by atoms with van der Waals surface area (Å²) >= 11 is 3.27. The smallest absolute Gasteiger partial charge is 0.241 e. The van der Waals surface area contributed by atoms with E-state index in [1.807, 2.05) is 36.4 Å². The number of nitrogens with zero attached hydrogens (tertiary/aromatic N) is 1. The fraction of sp³-hybridized carbons (Fsp3) is 0.217. The molecule has 5 nitrogen and oxygen atoms in total. The van der Waals surface area contributed by atoms with Gasteiger partial charge >= 0.3 is 0 Å². The fourth-order valence-electron chi connectivity index (χ4n) is 2.98. The van der Waals surface area contributed by atoms with Crippen LogP contribution in [0.15, 0.2) is 82.4 Å². The zero-order valence-corrected chi connectivity index (χ0v) is 18.8. The number of ketones is 1. The van der Waals surface area contributed by atoms with Crippen molar-refractivity contribution in [2.45, 2.75) is 37.1 Å². The summed E-state index contributed by atoms with van der Waals surface area (Å²) in [6.45, 7) is 0.202. The fourth-order valence-corrected chi connectivity index (χ4v) is 5.00. The average Bonchev–Trinajstić information content (AvgIpc) is 2.76. The molecule has 156 valence electrons. The van der Waals surface area contributed by atoms with E-state index in [9.17, 15) is 13.2 Å². The van der Waals surface area contributed by atoms with E-state index in [-0.39, 0.29) is 17.2 Å². The number of rotatable bonds is 10. The third-order valence-electron chi connectivity index (χ3n) is 4.72. The number of halogens is 1. The van der Waals surface area contributed by atoms with Crippen LogP contribution in [-0.4, -0.2) is 19.2 Å². The normalized spacial score (nSPS) is 11.4. The first kappa shape index (κ1) is 22.3. The molecule has 1 aromatic heterocycles. The van der Waals surface area contributed by atoms with Crippen molar-refractivity contribution in [2.24, 2.45) is 0 Å². The van der Waals surface area contributed by atoms with Crippen molar-refractivity contribution in [3.05, 3.63) is 94.2 Å². The Balaban J connectivity index is 1.47. The summed E-state index contributed by atoms with van der Waals surface area (Å²) < 4.78 is 28.1. The molecule has 0 aliphatic heterocycles. The second kappa shape index (κ2) is 10.6. The van der Waals surface area contributed by atoms with Crippen LogP contribution >= 0.6 is 15.9 Å². The zero-order chi connectivity index (χ0) is 21.4. The van der Waals surface area contributed by atoms with Gasteiger partial charge in [0.25, 0.3) is 0 Å². The van der Waals surface area contributed by atoms with Crippen molar-refractivity contribution in [1.82, 2.24) is 9.71 Å². The highest BCUT2D eigenvalue weighted by Gasteiger charge is 2.16. The minimum atomic E-state index is -3.60. The van der Waals surface area contributed by atoms with Crippen LogP contribution < -0.4 is 4.72 Å². The molecular weight excluding hydrogens is 464 g/mol. The van der Waals surface area contributed by atoms with Crippen molar-refractivity contribution in [3.8, 4) is 0 Å². The lowest BCUT2D eigenvalue weighted by Crippen LogP contribution is -2.23. The summed E-state index contributed by atoms with van der Waals surface area (Å²) in [5.74, 6) is 0.226.